The van der Waals surface area contributed by atoms with Crippen LogP contribution >= 0.6 is 0 Å². The van der Waals surface area contributed by atoms with Crippen LogP contribution in [0.4, 0.5) is 5.69 Å². The molecule has 0 aromatic heterocycles. The molecule has 16 heavy (non-hydrogen) atoms. The Kier molecular flexibility index (Phi) is 3.10. The van der Waals surface area contributed by atoms with Crippen molar-refractivity contribution in [2.75, 3.05) is 12.4 Å². The number of aryl methyl sites for hydroxylation is 1. The van der Waals surface area contributed by atoms with Gasteiger partial charge in [0, 0.05) is 18.8 Å². The highest BCUT2D eigenvalue weighted by Gasteiger charge is 2.00. The van der Waals surface area contributed by atoms with E-state index in [4.69, 9.17) is 4.74 Å². The lowest BCUT2D eigenvalue weighted by Crippen LogP contribution is -1.92. The Bertz CT molecular complexity index is 465. The number of ether oxygens (including phenoxy) is 1. The van der Waals surface area contributed by atoms with Crippen LogP contribution in [0.25, 0.3) is 0 Å². The standard InChI is InChI=1S/C14H15NO/c1-11-8-9-13(10-14(11)15-2)16-12-6-4-3-5-7-12/h3-10,15H,1-2H3. The summed E-state index contributed by atoms with van der Waals surface area (Å²) in [6.45, 7) is 2.07. The average molecular weight is 213 g/mol. The van der Waals surface area contributed by atoms with Gasteiger partial charge >= 0.3 is 0 Å². The maximum Gasteiger partial charge on any atom is 0.129 e. The fourth-order valence-electron chi connectivity index (χ4n) is 1.56. The maximum absolute atomic E-state index is 5.74. The van der Waals surface area contributed by atoms with Crippen molar-refractivity contribution in [2.45, 2.75) is 6.92 Å². The summed E-state index contributed by atoms with van der Waals surface area (Å²) in [4.78, 5) is 0. The minimum Gasteiger partial charge on any atom is -0.457 e. The molecule has 0 aliphatic carbocycles. The molecule has 1 N–H and O–H groups in total. The number of benzene rings is 2. The molecule has 0 radical (unpaired) electrons. The fraction of sp³-hybridized carbons (Fsp3) is 0.143. The van der Waals surface area contributed by atoms with Crippen LogP contribution in [0.15, 0.2) is 48.5 Å². The van der Waals surface area contributed by atoms with Gasteiger partial charge in [0.15, 0.2) is 0 Å². The first kappa shape index (κ1) is 10.6. The molecular formula is C14H15NO. The third-order valence-corrected chi connectivity index (χ3v) is 2.46. The Morgan fingerprint density at radius 1 is 0.938 bits per heavy atom. The Hall–Kier alpha value is -1.96. The van der Waals surface area contributed by atoms with Crippen LogP contribution in [-0.4, -0.2) is 7.05 Å². The fourth-order valence-corrected chi connectivity index (χ4v) is 1.56. The number of nitrogens with one attached hydrogen (secondary N) is 1. The van der Waals surface area contributed by atoms with Gasteiger partial charge in [-0.15, -0.1) is 0 Å². The van der Waals surface area contributed by atoms with Gasteiger partial charge in [-0.1, -0.05) is 24.3 Å². The predicted molar refractivity (Wildman–Crippen MR) is 67.2 cm³/mol. The molecule has 0 saturated heterocycles. The van der Waals surface area contributed by atoms with Gasteiger partial charge in [0.1, 0.15) is 11.5 Å². The normalized spacial score (nSPS) is 9.88. The van der Waals surface area contributed by atoms with Gasteiger partial charge in [0.2, 0.25) is 0 Å². The van der Waals surface area contributed by atoms with Crippen LogP contribution in [0.3, 0.4) is 0 Å². The van der Waals surface area contributed by atoms with Crippen molar-refractivity contribution in [1.29, 1.82) is 0 Å². The van der Waals surface area contributed by atoms with Crippen LogP contribution in [0.5, 0.6) is 11.5 Å². The molecule has 2 nitrogen and oxygen atoms in total. The molecule has 2 rings (SSSR count). The van der Waals surface area contributed by atoms with Crippen LogP contribution in [0, 0.1) is 6.92 Å². The van der Waals surface area contributed by atoms with E-state index in [9.17, 15) is 0 Å². The molecule has 0 unspecified atom stereocenters. The SMILES string of the molecule is CNc1cc(Oc2ccccc2)ccc1C. The summed E-state index contributed by atoms with van der Waals surface area (Å²) in [5.41, 5.74) is 2.30. The molecule has 0 saturated carbocycles. The number of para-hydroxylation sites is 1. The molecule has 0 spiro atoms. The molecule has 82 valence electrons. The van der Waals surface area contributed by atoms with Crippen molar-refractivity contribution in [3.8, 4) is 11.5 Å². The molecule has 2 aromatic carbocycles. The zero-order valence-electron chi connectivity index (χ0n) is 9.53. The highest BCUT2D eigenvalue weighted by molar-refractivity contribution is 5.54. The maximum atomic E-state index is 5.74. The smallest absolute Gasteiger partial charge is 0.129 e. The Morgan fingerprint density at radius 3 is 2.38 bits per heavy atom. The first-order valence-corrected chi connectivity index (χ1v) is 5.31. The van der Waals surface area contributed by atoms with Crippen molar-refractivity contribution in [3.05, 3.63) is 54.1 Å². The number of rotatable bonds is 3. The van der Waals surface area contributed by atoms with E-state index < -0.39 is 0 Å². The molecule has 0 amide bonds. The van der Waals surface area contributed by atoms with Gasteiger partial charge in [-0.05, 0) is 30.7 Å². The summed E-state index contributed by atoms with van der Waals surface area (Å²) in [5.74, 6) is 1.70. The van der Waals surface area contributed by atoms with E-state index in [-0.39, 0.29) is 0 Å². The van der Waals surface area contributed by atoms with E-state index in [2.05, 4.69) is 12.2 Å². The van der Waals surface area contributed by atoms with Gasteiger partial charge in [-0.2, -0.15) is 0 Å². The molecule has 0 aliphatic rings. The van der Waals surface area contributed by atoms with E-state index in [0.717, 1.165) is 17.2 Å². The number of hydrogen-bond donors (Lipinski definition) is 1. The second-order valence-corrected chi connectivity index (χ2v) is 3.64. The Morgan fingerprint density at radius 2 is 1.69 bits per heavy atom. The minimum atomic E-state index is 0.848. The van der Waals surface area contributed by atoms with Crippen molar-refractivity contribution in [1.82, 2.24) is 0 Å². The van der Waals surface area contributed by atoms with E-state index in [0.29, 0.717) is 0 Å². The Balaban J connectivity index is 2.22. The third kappa shape index (κ3) is 2.34. The van der Waals surface area contributed by atoms with Gasteiger partial charge in [-0.3, -0.25) is 0 Å². The molecule has 0 heterocycles. The zero-order chi connectivity index (χ0) is 11.4. The average Bonchev–Trinajstić information content (AvgIpc) is 2.33. The second-order valence-electron chi connectivity index (χ2n) is 3.64. The number of anilines is 1. The monoisotopic (exact) mass is 213 g/mol. The quantitative estimate of drug-likeness (QED) is 0.836. The van der Waals surface area contributed by atoms with Crippen molar-refractivity contribution < 1.29 is 4.74 Å². The van der Waals surface area contributed by atoms with E-state index in [1.807, 2.05) is 55.6 Å². The van der Waals surface area contributed by atoms with Gasteiger partial charge in [-0.25, -0.2) is 0 Å². The largest absolute Gasteiger partial charge is 0.457 e. The van der Waals surface area contributed by atoms with Crippen LogP contribution in [-0.2, 0) is 0 Å². The summed E-state index contributed by atoms with van der Waals surface area (Å²) >= 11 is 0. The third-order valence-electron chi connectivity index (χ3n) is 2.46. The highest BCUT2D eigenvalue weighted by atomic mass is 16.5. The molecular weight excluding hydrogens is 198 g/mol. The van der Waals surface area contributed by atoms with Crippen molar-refractivity contribution >= 4 is 5.69 Å². The molecule has 0 aliphatic heterocycles. The minimum absolute atomic E-state index is 0.848. The lowest BCUT2D eigenvalue weighted by atomic mass is 10.2. The summed E-state index contributed by atoms with van der Waals surface area (Å²) < 4.78 is 5.74. The van der Waals surface area contributed by atoms with E-state index >= 15 is 0 Å². The van der Waals surface area contributed by atoms with Crippen LogP contribution in [0.1, 0.15) is 5.56 Å². The van der Waals surface area contributed by atoms with E-state index in [1.165, 1.54) is 5.56 Å². The van der Waals surface area contributed by atoms with E-state index in [1.54, 1.807) is 0 Å². The first-order valence-electron chi connectivity index (χ1n) is 5.31. The van der Waals surface area contributed by atoms with Crippen molar-refractivity contribution in [3.63, 3.8) is 0 Å². The summed E-state index contributed by atoms with van der Waals surface area (Å²) in [6, 6.07) is 15.8. The number of hydrogen-bond acceptors (Lipinski definition) is 2. The van der Waals surface area contributed by atoms with Crippen LogP contribution in [0.2, 0.25) is 0 Å². The lowest BCUT2D eigenvalue weighted by Gasteiger charge is -2.09. The van der Waals surface area contributed by atoms with Gasteiger partial charge in [0.25, 0.3) is 0 Å². The lowest BCUT2D eigenvalue weighted by molar-refractivity contribution is 0.483. The zero-order valence-corrected chi connectivity index (χ0v) is 9.53. The molecule has 2 aromatic rings. The summed E-state index contributed by atoms with van der Waals surface area (Å²) in [6.07, 6.45) is 0. The predicted octanol–water partition coefficient (Wildman–Crippen LogP) is 3.83. The van der Waals surface area contributed by atoms with Gasteiger partial charge < -0.3 is 10.1 Å². The molecule has 2 heteroatoms. The summed E-state index contributed by atoms with van der Waals surface area (Å²) in [5, 5.41) is 3.14. The molecule has 0 bridgehead atoms. The van der Waals surface area contributed by atoms with Gasteiger partial charge in [0.05, 0.1) is 0 Å². The topological polar surface area (TPSA) is 21.3 Å². The molecule has 0 atom stereocenters. The highest BCUT2D eigenvalue weighted by Crippen LogP contribution is 2.25. The van der Waals surface area contributed by atoms with Crippen molar-refractivity contribution in [2.24, 2.45) is 0 Å². The van der Waals surface area contributed by atoms with Crippen LogP contribution < -0.4 is 10.1 Å². The second kappa shape index (κ2) is 4.71. The first-order chi connectivity index (χ1) is 7.79. The Labute approximate surface area is 95.9 Å². The summed E-state index contributed by atoms with van der Waals surface area (Å²) in [7, 11) is 1.91. The molecule has 0 fully saturated rings.